The molecule has 5 rings (SSSR count). The highest BCUT2D eigenvalue weighted by Crippen LogP contribution is 2.42. The number of rotatable bonds is 4. The Labute approximate surface area is 187 Å². The van der Waals surface area contributed by atoms with Crippen LogP contribution in [0.2, 0.25) is 0 Å². The normalized spacial score (nSPS) is 20.8. The molecule has 2 saturated heterocycles. The van der Waals surface area contributed by atoms with E-state index in [2.05, 4.69) is 19.8 Å². The summed E-state index contributed by atoms with van der Waals surface area (Å²) in [5.41, 5.74) is 3.99. The van der Waals surface area contributed by atoms with E-state index in [4.69, 9.17) is 10.00 Å². The minimum Gasteiger partial charge on any atom is -0.457 e. The SMILES string of the molecule is Cc1c(C(O)CN2CCC3(CC2)CCN(c2cnc(C#N)cn2)C3)ccc2c1COC2=O. The van der Waals surface area contributed by atoms with Crippen LogP contribution in [0.1, 0.15) is 58.1 Å². The number of likely N-dealkylation sites (tertiary alicyclic amines) is 1. The molecular formula is C24H27N5O3. The van der Waals surface area contributed by atoms with Crippen molar-refractivity contribution in [2.24, 2.45) is 5.41 Å². The number of esters is 1. The summed E-state index contributed by atoms with van der Waals surface area (Å²) in [5, 5.41) is 19.8. The molecule has 0 aliphatic carbocycles. The average Bonchev–Trinajstić information content (AvgIpc) is 3.40. The van der Waals surface area contributed by atoms with E-state index in [1.54, 1.807) is 12.3 Å². The first-order valence-corrected chi connectivity index (χ1v) is 11.1. The molecule has 32 heavy (non-hydrogen) atoms. The first-order chi connectivity index (χ1) is 15.5. The molecular weight excluding hydrogens is 406 g/mol. The minimum absolute atomic E-state index is 0.275. The van der Waals surface area contributed by atoms with Gasteiger partial charge in [0.2, 0.25) is 0 Å². The fraction of sp³-hybridized carbons (Fsp3) is 0.500. The number of aliphatic hydroxyl groups is 1. The molecule has 2 aromatic rings. The van der Waals surface area contributed by atoms with Gasteiger partial charge in [-0.15, -0.1) is 0 Å². The molecule has 0 saturated carbocycles. The number of aliphatic hydroxyl groups excluding tert-OH is 1. The molecule has 8 heteroatoms. The Bertz CT molecular complexity index is 1070. The smallest absolute Gasteiger partial charge is 0.338 e. The highest BCUT2D eigenvalue weighted by atomic mass is 16.5. The monoisotopic (exact) mass is 433 g/mol. The molecule has 2 fully saturated rings. The molecule has 0 radical (unpaired) electrons. The highest BCUT2D eigenvalue weighted by Gasteiger charge is 2.41. The second-order valence-electron chi connectivity index (χ2n) is 9.24. The molecule has 1 N–H and O–H groups in total. The second-order valence-corrected chi connectivity index (χ2v) is 9.24. The molecule has 1 spiro atoms. The van der Waals surface area contributed by atoms with Crippen LogP contribution in [0.4, 0.5) is 5.82 Å². The lowest BCUT2D eigenvalue weighted by molar-refractivity contribution is 0.0534. The molecule has 1 aromatic carbocycles. The number of fused-ring (bicyclic) bond motifs is 1. The van der Waals surface area contributed by atoms with Gasteiger partial charge in [0.25, 0.3) is 0 Å². The third kappa shape index (κ3) is 3.72. The molecule has 1 unspecified atom stereocenters. The van der Waals surface area contributed by atoms with Crippen LogP contribution in [-0.2, 0) is 11.3 Å². The van der Waals surface area contributed by atoms with Crippen LogP contribution in [-0.4, -0.2) is 58.7 Å². The second kappa shape index (κ2) is 8.15. The van der Waals surface area contributed by atoms with Crippen molar-refractivity contribution in [2.75, 3.05) is 37.6 Å². The Morgan fingerprint density at radius 3 is 2.72 bits per heavy atom. The zero-order valence-electron chi connectivity index (χ0n) is 18.3. The Morgan fingerprint density at radius 2 is 2.00 bits per heavy atom. The van der Waals surface area contributed by atoms with Crippen LogP contribution in [0.15, 0.2) is 24.5 Å². The Hall–Kier alpha value is -3.02. The maximum absolute atomic E-state index is 11.8. The number of nitrogens with zero attached hydrogens (tertiary/aromatic N) is 5. The van der Waals surface area contributed by atoms with Gasteiger partial charge in [-0.1, -0.05) is 6.07 Å². The van der Waals surface area contributed by atoms with Crippen LogP contribution < -0.4 is 4.90 Å². The molecule has 8 nitrogen and oxygen atoms in total. The summed E-state index contributed by atoms with van der Waals surface area (Å²) >= 11 is 0. The summed E-state index contributed by atoms with van der Waals surface area (Å²) in [6.45, 7) is 6.68. The van der Waals surface area contributed by atoms with Crippen LogP contribution in [0.5, 0.6) is 0 Å². The number of carbonyl (C=O) groups excluding carboxylic acids is 1. The summed E-state index contributed by atoms with van der Waals surface area (Å²) in [7, 11) is 0. The predicted octanol–water partition coefficient (Wildman–Crippen LogP) is 2.35. The standard InChI is InChI=1S/C24H27N5O3/c1-16-18(2-3-19-20(16)14-32-23(19)31)21(30)13-28-7-4-24(5-8-28)6-9-29(15-24)22-12-26-17(10-25)11-27-22/h2-3,11-12,21,30H,4-9,13-15H2,1H3. The van der Waals surface area contributed by atoms with E-state index in [1.807, 2.05) is 19.1 Å². The minimum atomic E-state index is -0.584. The van der Waals surface area contributed by atoms with Crippen LogP contribution in [0.3, 0.4) is 0 Å². The summed E-state index contributed by atoms with van der Waals surface area (Å²) in [6, 6.07) is 5.66. The van der Waals surface area contributed by atoms with E-state index in [-0.39, 0.29) is 11.4 Å². The molecule has 0 bridgehead atoms. The first-order valence-electron chi connectivity index (χ1n) is 11.1. The average molecular weight is 434 g/mol. The number of anilines is 1. The summed E-state index contributed by atoms with van der Waals surface area (Å²) < 4.78 is 5.14. The number of aromatic nitrogens is 2. The lowest BCUT2D eigenvalue weighted by Crippen LogP contribution is -2.43. The number of carbonyl (C=O) groups is 1. The number of β-amino-alcohol motifs (C(OH)–C–C–N with tert-alkyl or cyclic N) is 1. The van der Waals surface area contributed by atoms with Crippen molar-refractivity contribution in [1.29, 1.82) is 5.26 Å². The van der Waals surface area contributed by atoms with Gasteiger partial charge in [-0.2, -0.15) is 5.26 Å². The van der Waals surface area contributed by atoms with Gasteiger partial charge >= 0.3 is 5.97 Å². The zero-order valence-corrected chi connectivity index (χ0v) is 18.3. The fourth-order valence-corrected chi connectivity index (χ4v) is 5.36. The molecule has 0 amide bonds. The lowest BCUT2D eigenvalue weighted by Gasteiger charge is -2.40. The number of cyclic esters (lactones) is 1. The number of hydrogen-bond acceptors (Lipinski definition) is 8. The van der Waals surface area contributed by atoms with Crippen molar-refractivity contribution >= 4 is 11.8 Å². The molecule has 166 valence electrons. The van der Waals surface area contributed by atoms with Crippen LogP contribution in [0.25, 0.3) is 0 Å². The van der Waals surface area contributed by atoms with E-state index in [0.29, 0.717) is 24.4 Å². The third-order valence-electron chi connectivity index (χ3n) is 7.43. The molecule has 3 aliphatic rings. The summed E-state index contributed by atoms with van der Waals surface area (Å²) in [4.78, 5) is 24.9. The van der Waals surface area contributed by atoms with Crippen molar-refractivity contribution < 1.29 is 14.6 Å². The summed E-state index contributed by atoms with van der Waals surface area (Å²) in [5.74, 6) is 0.566. The topological polar surface area (TPSA) is 103 Å². The van der Waals surface area contributed by atoms with Gasteiger partial charge in [0, 0.05) is 25.2 Å². The van der Waals surface area contributed by atoms with Crippen molar-refractivity contribution in [1.82, 2.24) is 14.9 Å². The van der Waals surface area contributed by atoms with Gasteiger partial charge in [-0.05, 0) is 61.9 Å². The van der Waals surface area contributed by atoms with Gasteiger partial charge in [0.15, 0.2) is 5.69 Å². The van der Waals surface area contributed by atoms with E-state index < -0.39 is 6.10 Å². The third-order valence-corrected chi connectivity index (χ3v) is 7.43. The summed E-state index contributed by atoms with van der Waals surface area (Å²) in [6.07, 6.45) is 5.95. The van der Waals surface area contributed by atoms with Crippen molar-refractivity contribution in [3.05, 3.63) is 52.5 Å². The zero-order chi connectivity index (χ0) is 22.3. The lowest BCUT2D eigenvalue weighted by atomic mass is 9.77. The van der Waals surface area contributed by atoms with Crippen molar-refractivity contribution in [3.8, 4) is 6.07 Å². The first kappa shape index (κ1) is 20.9. The largest absolute Gasteiger partial charge is 0.457 e. The van der Waals surface area contributed by atoms with Gasteiger partial charge in [-0.25, -0.2) is 14.8 Å². The van der Waals surface area contributed by atoms with Gasteiger partial charge in [0.1, 0.15) is 18.5 Å². The quantitative estimate of drug-likeness (QED) is 0.733. The van der Waals surface area contributed by atoms with Gasteiger partial charge in [-0.3, -0.25) is 0 Å². The Morgan fingerprint density at radius 1 is 1.22 bits per heavy atom. The van der Waals surface area contributed by atoms with Crippen molar-refractivity contribution in [3.63, 3.8) is 0 Å². The maximum Gasteiger partial charge on any atom is 0.338 e. The number of hydrogen-bond donors (Lipinski definition) is 1. The van der Waals surface area contributed by atoms with E-state index in [0.717, 1.165) is 67.9 Å². The van der Waals surface area contributed by atoms with E-state index in [1.165, 1.54) is 6.20 Å². The highest BCUT2D eigenvalue weighted by molar-refractivity contribution is 5.93. The van der Waals surface area contributed by atoms with E-state index >= 15 is 0 Å². The fourth-order valence-electron chi connectivity index (χ4n) is 5.36. The molecule has 1 aromatic heterocycles. The molecule has 4 heterocycles. The predicted molar refractivity (Wildman–Crippen MR) is 117 cm³/mol. The number of nitriles is 1. The Balaban J connectivity index is 1.18. The van der Waals surface area contributed by atoms with Gasteiger partial charge in [0.05, 0.1) is 24.1 Å². The number of piperidine rings is 1. The van der Waals surface area contributed by atoms with Crippen LogP contribution >= 0.6 is 0 Å². The maximum atomic E-state index is 11.8. The van der Waals surface area contributed by atoms with Crippen LogP contribution in [0, 0.1) is 23.7 Å². The van der Waals surface area contributed by atoms with Gasteiger partial charge < -0.3 is 19.6 Å². The molecule has 3 aliphatic heterocycles. The molecule has 1 atom stereocenters. The number of ether oxygens (including phenoxy) is 1. The van der Waals surface area contributed by atoms with E-state index in [9.17, 15) is 9.90 Å². The van der Waals surface area contributed by atoms with Crippen molar-refractivity contribution in [2.45, 2.75) is 38.9 Å². The number of benzene rings is 1. The Kier molecular flexibility index (Phi) is 5.31.